The van der Waals surface area contributed by atoms with Gasteiger partial charge in [0.1, 0.15) is 5.82 Å². The molecule has 0 aromatic heterocycles. The van der Waals surface area contributed by atoms with Crippen molar-refractivity contribution in [2.24, 2.45) is 11.1 Å². The molecule has 4 rings (SSSR count). The monoisotopic (exact) mass is 539 g/mol. The van der Waals surface area contributed by atoms with Crippen molar-refractivity contribution < 1.29 is 19.2 Å². The van der Waals surface area contributed by atoms with E-state index < -0.39 is 16.8 Å². The number of halogens is 1. The molecule has 0 fully saturated rings. The number of benzene rings is 2. The van der Waals surface area contributed by atoms with Crippen molar-refractivity contribution in [1.29, 1.82) is 0 Å². The molecule has 9 heteroatoms. The minimum atomic E-state index is -0.712. The molecule has 1 heterocycles. The molecule has 1 atom stereocenters. The first-order chi connectivity index (χ1) is 16.5. The van der Waals surface area contributed by atoms with Crippen molar-refractivity contribution in [3.8, 4) is 0 Å². The maximum absolute atomic E-state index is 13.7. The Bertz CT molecular complexity index is 1280. The van der Waals surface area contributed by atoms with Crippen molar-refractivity contribution in [3.63, 3.8) is 0 Å². The molecule has 8 nitrogen and oxygen atoms in total. The van der Waals surface area contributed by atoms with Crippen LogP contribution in [-0.4, -0.2) is 23.3 Å². The van der Waals surface area contributed by atoms with Crippen molar-refractivity contribution in [3.05, 3.63) is 91.3 Å². The van der Waals surface area contributed by atoms with Gasteiger partial charge in [0.25, 0.3) is 5.69 Å². The quantitative estimate of drug-likeness (QED) is 0.309. The summed E-state index contributed by atoms with van der Waals surface area (Å²) >= 11 is 3.43. The molecule has 0 unspecified atom stereocenters. The Balaban J connectivity index is 2.03. The van der Waals surface area contributed by atoms with Crippen LogP contribution in [0.3, 0.4) is 0 Å². The first kappa shape index (κ1) is 24.7. The molecule has 35 heavy (non-hydrogen) atoms. The van der Waals surface area contributed by atoms with Crippen LogP contribution in [0.4, 0.5) is 11.4 Å². The molecule has 2 N–H and O–H groups in total. The van der Waals surface area contributed by atoms with Crippen molar-refractivity contribution >= 4 is 39.1 Å². The predicted molar refractivity (Wildman–Crippen MR) is 135 cm³/mol. The maximum Gasteiger partial charge on any atom is 0.338 e. The first-order valence-corrected chi connectivity index (χ1v) is 12.1. The maximum atomic E-state index is 13.7. The van der Waals surface area contributed by atoms with Crippen molar-refractivity contribution in [2.75, 3.05) is 11.5 Å². The van der Waals surface area contributed by atoms with Gasteiger partial charge in [-0.2, -0.15) is 0 Å². The van der Waals surface area contributed by atoms with Gasteiger partial charge in [0.2, 0.25) is 0 Å². The zero-order valence-electron chi connectivity index (χ0n) is 19.7. The summed E-state index contributed by atoms with van der Waals surface area (Å²) in [6.07, 6.45) is 0.804. The number of esters is 1. The van der Waals surface area contributed by atoms with Gasteiger partial charge in [-0.1, -0.05) is 48.0 Å². The number of hydrogen-bond donors (Lipinski definition) is 1. The third kappa shape index (κ3) is 4.60. The number of ketones is 1. The highest BCUT2D eigenvalue weighted by Gasteiger charge is 2.46. The SMILES string of the molecule is CCOC(=O)C1=C(N)N(c2cccc([N+](=O)[O-])c2)C2=C(C(=O)CC(C)(C)C2)[C@@H]1c1ccc(Br)cc1. The van der Waals surface area contributed by atoms with Gasteiger partial charge in [0.05, 0.1) is 28.7 Å². The number of allylic oxidation sites excluding steroid dienone is 2. The molecule has 1 aliphatic heterocycles. The van der Waals surface area contributed by atoms with Crippen LogP contribution in [0, 0.1) is 15.5 Å². The molecule has 0 amide bonds. The topological polar surface area (TPSA) is 116 Å². The third-order valence-electron chi connectivity index (χ3n) is 6.26. The summed E-state index contributed by atoms with van der Waals surface area (Å²) < 4.78 is 6.23. The number of nitrogens with zero attached hydrogens (tertiary/aromatic N) is 2. The molecule has 0 spiro atoms. The number of non-ortho nitro benzene ring substituents is 1. The summed E-state index contributed by atoms with van der Waals surface area (Å²) in [7, 11) is 0. The number of nitrogens with two attached hydrogens (primary N) is 1. The fourth-order valence-electron chi connectivity index (χ4n) is 4.85. The Morgan fingerprint density at radius 3 is 2.54 bits per heavy atom. The Labute approximate surface area is 211 Å². The summed E-state index contributed by atoms with van der Waals surface area (Å²) in [5.74, 6) is -1.33. The molecule has 2 aromatic rings. The molecule has 2 aromatic carbocycles. The minimum absolute atomic E-state index is 0.0890. The zero-order valence-corrected chi connectivity index (χ0v) is 21.3. The normalized spacial score (nSPS) is 19.5. The van der Waals surface area contributed by atoms with E-state index in [1.807, 2.05) is 38.1 Å². The fraction of sp³-hybridized carbons (Fsp3) is 0.308. The number of carbonyl (C=O) groups is 2. The van der Waals surface area contributed by atoms with E-state index in [4.69, 9.17) is 10.5 Å². The molecule has 0 radical (unpaired) electrons. The number of Topliss-reactive ketones (excluding diaryl/α,β-unsaturated/α-hetero) is 1. The molecular weight excluding hydrogens is 514 g/mol. The van der Waals surface area contributed by atoms with Crippen LogP contribution in [0.15, 0.2) is 75.7 Å². The smallest absolute Gasteiger partial charge is 0.338 e. The Morgan fingerprint density at radius 2 is 1.91 bits per heavy atom. The second kappa shape index (κ2) is 9.30. The third-order valence-corrected chi connectivity index (χ3v) is 6.79. The van der Waals surface area contributed by atoms with Gasteiger partial charge in [0, 0.05) is 34.3 Å². The number of carbonyl (C=O) groups excluding carboxylic acids is 2. The molecule has 1 aliphatic carbocycles. The predicted octanol–water partition coefficient (Wildman–Crippen LogP) is 5.34. The highest BCUT2D eigenvalue weighted by Crippen LogP contribution is 2.50. The molecule has 2 aliphatic rings. The van der Waals surface area contributed by atoms with E-state index in [9.17, 15) is 19.7 Å². The van der Waals surface area contributed by atoms with Crippen LogP contribution in [0.5, 0.6) is 0 Å². The van der Waals surface area contributed by atoms with Crippen LogP contribution in [-0.2, 0) is 14.3 Å². The van der Waals surface area contributed by atoms with Gasteiger partial charge in [-0.25, -0.2) is 4.79 Å². The zero-order chi connectivity index (χ0) is 25.5. The molecule has 182 valence electrons. The summed E-state index contributed by atoms with van der Waals surface area (Å²) in [6, 6.07) is 13.4. The van der Waals surface area contributed by atoms with E-state index in [0.717, 1.165) is 10.0 Å². The van der Waals surface area contributed by atoms with Crippen LogP contribution in [0.2, 0.25) is 0 Å². The number of nitro groups is 1. The lowest BCUT2D eigenvalue weighted by Gasteiger charge is -2.44. The van der Waals surface area contributed by atoms with Crippen molar-refractivity contribution in [2.45, 2.75) is 39.5 Å². The van der Waals surface area contributed by atoms with Crippen LogP contribution in [0.25, 0.3) is 0 Å². The van der Waals surface area contributed by atoms with Gasteiger partial charge in [-0.3, -0.25) is 19.8 Å². The van der Waals surface area contributed by atoms with E-state index in [1.54, 1.807) is 24.0 Å². The Morgan fingerprint density at radius 1 is 1.23 bits per heavy atom. The lowest BCUT2D eigenvalue weighted by molar-refractivity contribution is -0.384. The number of ether oxygens (including phenoxy) is 1. The standard InChI is InChI=1S/C26H26BrN3O5/c1-4-35-25(32)23-21(15-8-10-16(27)11-9-15)22-19(13-26(2,3)14-20(22)31)29(24(23)28)17-6-5-7-18(12-17)30(33)34/h5-12,21H,4,13-14,28H2,1-3H3/t21-/m0/s1. The summed E-state index contributed by atoms with van der Waals surface area (Å²) in [4.78, 5) is 39.5. The Kier molecular flexibility index (Phi) is 6.55. The van der Waals surface area contributed by atoms with E-state index in [2.05, 4.69) is 15.9 Å². The van der Waals surface area contributed by atoms with Gasteiger partial charge in [-0.05, 0) is 42.5 Å². The van der Waals surface area contributed by atoms with E-state index in [0.29, 0.717) is 29.8 Å². The van der Waals surface area contributed by atoms with E-state index >= 15 is 0 Å². The highest BCUT2D eigenvalue weighted by molar-refractivity contribution is 9.10. The molecule has 0 saturated carbocycles. The average Bonchev–Trinajstić information content (AvgIpc) is 2.78. The summed E-state index contributed by atoms with van der Waals surface area (Å²) in [6.45, 7) is 5.82. The number of anilines is 1. The van der Waals surface area contributed by atoms with Crippen LogP contribution < -0.4 is 10.6 Å². The van der Waals surface area contributed by atoms with Crippen molar-refractivity contribution in [1.82, 2.24) is 0 Å². The van der Waals surface area contributed by atoms with Crippen LogP contribution in [0.1, 0.15) is 45.1 Å². The van der Waals surface area contributed by atoms with Crippen LogP contribution >= 0.6 is 15.9 Å². The summed E-state index contributed by atoms with van der Waals surface area (Å²) in [5.41, 5.74) is 8.61. The molecule has 0 saturated heterocycles. The van der Waals surface area contributed by atoms with Gasteiger partial charge in [0.15, 0.2) is 5.78 Å². The van der Waals surface area contributed by atoms with Gasteiger partial charge in [-0.15, -0.1) is 0 Å². The first-order valence-electron chi connectivity index (χ1n) is 11.3. The molecule has 0 bridgehead atoms. The molecular formula is C26H26BrN3O5. The fourth-order valence-corrected chi connectivity index (χ4v) is 5.11. The largest absolute Gasteiger partial charge is 0.463 e. The van der Waals surface area contributed by atoms with E-state index in [1.165, 1.54) is 12.1 Å². The Hall–Kier alpha value is -3.46. The lowest BCUT2D eigenvalue weighted by Crippen LogP contribution is -2.43. The number of hydrogen-bond acceptors (Lipinski definition) is 7. The lowest BCUT2D eigenvalue weighted by atomic mass is 9.68. The average molecular weight is 540 g/mol. The number of rotatable bonds is 5. The highest BCUT2D eigenvalue weighted by atomic mass is 79.9. The second-order valence-electron chi connectivity index (χ2n) is 9.42. The van der Waals surface area contributed by atoms with E-state index in [-0.39, 0.29) is 34.9 Å². The summed E-state index contributed by atoms with van der Waals surface area (Å²) in [5, 5.41) is 11.5. The number of nitro benzene ring substituents is 1. The van der Waals surface area contributed by atoms with Gasteiger partial charge < -0.3 is 10.5 Å². The van der Waals surface area contributed by atoms with Gasteiger partial charge >= 0.3 is 5.97 Å². The minimum Gasteiger partial charge on any atom is -0.463 e. The second-order valence-corrected chi connectivity index (χ2v) is 10.3.